The Kier molecular flexibility index (Phi) is 5.76. The molecule has 0 aliphatic carbocycles. The first-order valence-corrected chi connectivity index (χ1v) is 9.47. The molecule has 0 aliphatic heterocycles. The first-order chi connectivity index (χ1) is 12.8. The molecule has 1 aromatic heterocycles. The predicted molar refractivity (Wildman–Crippen MR) is 104 cm³/mol. The fraction of sp³-hybridized carbons (Fsp3) is 0.118. The van der Waals surface area contributed by atoms with Crippen LogP contribution in [0.2, 0.25) is 0 Å². The minimum Gasteiger partial charge on any atom is -0.335 e. The zero-order chi connectivity index (χ0) is 19.6. The van der Waals surface area contributed by atoms with Gasteiger partial charge in [0.2, 0.25) is 11.1 Å². The number of nitrogens with two attached hydrogens (primary N) is 1. The number of nitrogens with zero attached hydrogens (tertiary/aromatic N) is 3. The summed E-state index contributed by atoms with van der Waals surface area (Å²) in [6, 6.07) is 9.37. The highest BCUT2D eigenvalue weighted by Crippen LogP contribution is 2.27. The second kappa shape index (κ2) is 8.05. The second-order valence-corrected chi connectivity index (χ2v) is 7.42. The van der Waals surface area contributed by atoms with Crippen molar-refractivity contribution >= 4 is 39.3 Å². The van der Waals surface area contributed by atoms with Crippen LogP contribution in [-0.4, -0.2) is 26.5 Å². The van der Waals surface area contributed by atoms with E-state index in [-0.39, 0.29) is 15.9 Å². The summed E-state index contributed by atoms with van der Waals surface area (Å²) in [6.45, 7) is 1.97. The van der Waals surface area contributed by atoms with Crippen molar-refractivity contribution < 1.29 is 13.6 Å². The van der Waals surface area contributed by atoms with Gasteiger partial charge in [-0.3, -0.25) is 4.79 Å². The SMILES string of the molecule is Cc1ccc(-c2nnc(SCC(=O)Nc3c(F)cc(F)cc3Br)n2N)cc1. The number of hydrogen-bond acceptors (Lipinski definition) is 5. The molecule has 0 atom stereocenters. The topological polar surface area (TPSA) is 85.8 Å². The molecule has 3 aromatic rings. The van der Waals surface area contributed by atoms with Gasteiger partial charge in [0.25, 0.3) is 0 Å². The van der Waals surface area contributed by atoms with Gasteiger partial charge < -0.3 is 11.2 Å². The van der Waals surface area contributed by atoms with Crippen LogP contribution >= 0.6 is 27.7 Å². The fourth-order valence-corrected chi connectivity index (χ4v) is 3.41. The maximum absolute atomic E-state index is 13.8. The van der Waals surface area contributed by atoms with Crippen LogP contribution in [0.1, 0.15) is 5.56 Å². The van der Waals surface area contributed by atoms with Gasteiger partial charge in [-0.15, -0.1) is 10.2 Å². The van der Waals surface area contributed by atoms with E-state index in [1.54, 1.807) is 0 Å². The molecule has 140 valence electrons. The highest BCUT2D eigenvalue weighted by atomic mass is 79.9. The molecule has 0 radical (unpaired) electrons. The Morgan fingerprint density at radius 1 is 1.26 bits per heavy atom. The highest BCUT2D eigenvalue weighted by Gasteiger charge is 2.16. The Morgan fingerprint density at radius 2 is 1.96 bits per heavy atom. The lowest BCUT2D eigenvalue weighted by Gasteiger charge is -2.08. The molecule has 0 spiro atoms. The minimum absolute atomic E-state index is 0.0769. The Hall–Kier alpha value is -2.46. The number of anilines is 1. The third-order valence-corrected chi connectivity index (χ3v) is 5.15. The van der Waals surface area contributed by atoms with Crippen molar-refractivity contribution in [1.29, 1.82) is 0 Å². The van der Waals surface area contributed by atoms with E-state index in [0.29, 0.717) is 17.0 Å². The lowest BCUT2D eigenvalue weighted by molar-refractivity contribution is -0.113. The molecular weight excluding hydrogens is 440 g/mol. The number of benzene rings is 2. The molecule has 3 rings (SSSR count). The van der Waals surface area contributed by atoms with Crippen LogP contribution in [0.15, 0.2) is 46.0 Å². The van der Waals surface area contributed by atoms with E-state index in [9.17, 15) is 13.6 Å². The number of carbonyl (C=O) groups is 1. The summed E-state index contributed by atoms with van der Waals surface area (Å²) < 4.78 is 28.3. The van der Waals surface area contributed by atoms with Gasteiger partial charge in [-0.1, -0.05) is 41.6 Å². The van der Waals surface area contributed by atoms with Gasteiger partial charge in [0.05, 0.1) is 11.4 Å². The number of rotatable bonds is 5. The second-order valence-electron chi connectivity index (χ2n) is 5.62. The van der Waals surface area contributed by atoms with Gasteiger partial charge in [0, 0.05) is 16.1 Å². The summed E-state index contributed by atoms with van der Waals surface area (Å²) in [6.07, 6.45) is 0. The first kappa shape index (κ1) is 19.3. The Labute approximate surface area is 166 Å². The van der Waals surface area contributed by atoms with Crippen molar-refractivity contribution in [3.05, 3.63) is 58.1 Å². The van der Waals surface area contributed by atoms with E-state index in [0.717, 1.165) is 29.0 Å². The summed E-state index contributed by atoms with van der Waals surface area (Å²) in [5, 5.41) is 10.7. The van der Waals surface area contributed by atoms with Gasteiger partial charge in [-0.2, -0.15) is 0 Å². The smallest absolute Gasteiger partial charge is 0.234 e. The van der Waals surface area contributed by atoms with Crippen LogP contribution in [0.3, 0.4) is 0 Å². The lowest BCUT2D eigenvalue weighted by Crippen LogP contribution is -2.17. The Balaban J connectivity index is 1.67. The van der Waals surface area contributed by atoms with Crippen LogP contribution in [0.4, 0.5) is 14.5 Å². The summed E-state index contributed by atoms with van der Waals surface area (Å²) in [7, 11) is 0. The molecule has 27 heavy (non-hydrogen) atoms. The average Bonchev–Trinajstić information content (AvgIpc) is 2.98. The summed E-state index contributed by atoms with van der Waals surface area (Å²) in [5.41, 5.74) is 1.77. The van der Waals surface area contributed by atoms with Crippen molar-refractivity contribution in [1.82, 2.24) is 14.9 Å². The van der Waals surface area contributed by atoms with Crippen molar-refractivity contribution in [3.63, 3.8) is 0 Å². The summed E-state index contributed by atoms with van der Waals surface area (Å²) >= 11 is 4.07. The summed E-state index contributed by atoms with van der Waals surface area (Å²) in [4.78, 5) is 12.1. The van der Waals surface area contributed by atoms with Crippen molar-refractivity contribution in [2.24, 2.45) is 0 Å². The van der Waals surface area contributed by atoms with Gasteiger partial charge in [0.15, 0.2) is 11.6 Å². The number of amides is 1. The molecule has 6 nitrogen and oxygen atoms in total. The molecule has 1 heterocycles. The number of carbonyl (C=O) groups excluding carboxylic acids is 1. The lowest BCUT2D eigenvalue weighted by atomic mass is 10.1. The van der Waals surface area contributed by atoms with E-state index >= 15 is 0 Å². The molecule has 2 aromatic carbocycles. The number of aromatic nitrogens is 3. The molecule has 0 unspecified atom stereocenters. The Morgan fingerprint density at radius 3 is 2.63 bits per heavy atom. The molecule has 0 saturated heterocycles. The first-order valence-electron chi connectivity index (χ1n) is 7.70. The van der Waals surface area contributed by atoms with E-state index in [4.69, 9.17) is 5.84 Å². The quantitative estimate of drug-likeness (QED) is 0.453. The standard InChI is InChI=1S/C17H14BrF2N5OS/c1-9-2-4-10(5-3-9)16-23-24-17(25(16)21)27-8-14(26)22-15-12(18)6-11(19)7-13(15)20/h2-7H,8,21H2,1H3,(H,22,26). The summed E-state index contributed by atoms with van der Waals surface area (Å²) in [5.74, 6) is 4.28. The van der Waals surface area contributed by atoms with Crippen LogP contribution in [0, 0.1) is 18.6 Å². The van der Waals surface area contributed by atoms with Gasteiger partial charge in [0.1, 0.15) is 5.82 Å². The Bertz CT molecular complexity index is 970. The zero-order valence-corrected chi connectivity index (χ0v) is 16.4. The molecule has 0 bridgehead atoms. The van der Waals surface area contributed by atoms with Crippen LogP contribution in [-0.2, 0) is 4.79 Å². The third kappa shape index (κ3) is 4.45. The monoisotopic (exact) mass is 453 g/mol. The minimum atomic E-state index is -0.871. The normalized spacial score (nSPS) is 10.8. The molecular formula is C17H14BrF2N5OS. The number of aryl methyl sites for hydroxylation is 1. The average molecular weight is 454 g/mol. The number of nitrogen functional groups attached to an aromatic ring is 1. The van der Waals surface area contributed by atoms with E-state index < -0.39 is 17.5 Å². The van der Waals surface area contributed by atoms with Gasteiger partial charge in [-0.05, 0) is 28.9 Å². The molecule has 3 N–H and O–H groups in total. The maximum atomic E-state index is 13.8. The van der Waals surface area contributed by atoms with Crippen LogP contribution in [0.25, 0.3) is 11.4 Å². The van der Waals surface area contributed by atoms with Crippen molar-refractivity contribution in [3.8, 4) is 11.4 Å². The fourth-order valence-electron chi connectivity index (χ4n) is 2.24. The van der Waals surface area contributed by atoms with Crippen LogP contribution in [0.5, 0.6) is 0 Å². The number of hydrogen-bond donors (Lipinski definition) is 2. The van der Waals surface area contributed by atoms with Crippen molar-refractivity contribution in [2.75, 3.05) is 16.9 Å². The van der Waals surface area contributed by atoms with Crippen LogP contribution < -0.4 is 11.2 Å². The molecule has 10 heteroatoms. The molecule has 1 amide bonds. The van der Waals surface area contributed by atoms with Gasteiger partial charge in [-0.25, -0.2) is 13.5 Å². The van der Waals surface area contributed by atoms with E-state index in [1.807, 2.05) is 31.2 Å². The largest absolute Gasteiger partial charge is 0.335 e. The van der Waals surface area contributed by atoms with Gasteiger partial charge >= 0.3 is 0 Å². The zero-order valence-electron chi connectivity index (χ0n) is 14.0. The molecule has 0 fully saturated rings. The van der Waals surface area contributed by atoms with E-state index in [2.05, 4.69) is 31.4 Å². The predicted octanol–water partition coefficient (Wildman–Crippen LogP) is 3.74. The van der Waals surface area contributed by atoms with E-state index in [1.165, 1.54) is 4.68 Å². The number of halogens is 3. The molecule has 0 aliphatic rings. The van der Waals surface area contributed by atoms with Crippen molar-refractivity contribution in [2.45, 2.75) is 12.1 Å². The third-order valence-electron chi connectivity index (χ3n) is 3.58. The highest BCUT2D eigenvalue weighted by molar-refractivity contribution is 9.10. The number of thioether (sulfide) groups is 1. The maximum Gasteiger partial charge on any atom is 0.234 e. The number of nitrogens with one attached hydrogen (secondary N) is 1. The molecule has 0 saturated carbocycles.